The maximum atomic E-state index is 15.3. The van der Waals surface area contributed by atoms with Gasteiger partial charge in [-0.05, 0) is 92.7 Å². The highest BCUT2D eigenvalue weighted by Crippen LogP contribution is 2.37. The summed E-state index contributed by atoms with van der Waals surface area (Å²) in [6.45, 7) is 8.98. The van der Waals surface area contributed by atoms with Crippen LogP contribution in [-0.4, -0.2) is 252 Å². The van der Waals surface area contributed by atoms with E-state index in [1.54, 1.807) is 20.8 Å². The molecule has 2 aliphatic carbocycles. The van der Waals surface area contributed by atoms with Crippen LogP contribution in [-0.2, 0) is 70.1 Å². The molecule has 0 unspecified atom stereocenters. The highest BCUT2D eigenvalue weighted by molar-refractivity contribution is 6.31. The SMILES string of the molecule is CC[C@H](C)[C@@H]1NC(=O)[C@H](CC(C)C)N(C)C(=O)C[C@@H](C(=O)N(C)C)N(C)C(=O)[C@H](C(C)C)N(C)C(=O)C2(CCCC2)NC(=O)[C@@H]2CCCN2C(=O)[C@H](CCc2ccc(C(F)(F)F)c(Cl)c2)NC(=O)CN(C)C(=O)[C@H](CC2CCCCC2)N(C)C(=O)CN(C)C(=O)CN(C)C1=O. The Morgan fingerprint density at radius 2 is 1.27 bits per heavy atom. The summed E-state index contributed by atoms with van der Waals surface area (Å²) in [6, 6.07) is -5.76. The number of rotatable bonds is 11. The van der Waals surface area contributed by atoms with Gasteiger partial charge in [-0.2, -0.15) is 13.2 Å². The van der Waals surface area contributed by atoms with E-state index in [1.807, 2.05) is 20.8 Å². The van der Waals surface area contributed by atoms with E-state index in [4.69, 9.17) is 11.6 Å². The fourth-order valence-electron chi connectivity index (χ4n) is 13.6. The summed E-state index contributed by atoms with van der Waals surface area (Å²) < 4.78 is 41.4. The molecule has 0 radical (unpaired) electrons. The number of amides is 12. The second-order valence-corrected chi connectivity index (χ2v) is 28.3. The van der Waals surface area contributed by atoms with Crippen molar-refractivity contribution in [2.75, 3.05) is 89.6 Å². The smallest absolute Gasteiger partial charge is 0.347 e. The fraction of sp³-hybridized carbons (Fsp3) is 0.731. The van der Waals surface area contributed by atoms with E-state index in [1.165, 1.54) is 94.0 Å². The largest absolute Gasteiger partial charge is 0.417 e. The van der Waals surface area contributed by atoms with Crippen LogP contribution >= 0.6 is 11.6 Å². The van der Waals surface area contributed by atoms with Crippen molar-refractivity contribution in [1.82, 2.24) is 60.0 Å². The van der Waals surface area contributed by atoms with E-state index in [-0.39, 0.29) is 63.3 Å². The van der Waals surface area contributed by atoms with Crippen LogP contribution in [0.15, 0.2) is 18.2 Å². The van der Waals surface area contributed by atoms with Gasteiger partial charge in [0.1, 0.15) is 47.8 Å². The van der Waals surface area contributed by atoms with E-state index in [0.717, 1.165) is 63.8 Å². The number of likely N-dealkylation sites (N-methyl/N-ethyl adjacent to an activating group) is 8. The molecular weight excluding hydrogens is 1260 g/mol. The Morgan fingerprint density at radius 3 is 1.84 bits per heavy atom. The monoisotopic (exact) mass is 1360 g/mol. The Hall–Kier alpha value is -7.06. The molecule has 4 fully saturated rings. The third-order valence-electron chi connectivity index (χ3n) is 19.7. The molecule has 2 aliphatic heterocycles. The summed E-state index contributed by atoms with van der Waals surface area (Å²) in [5.74, 6) is -9.45. The zero-order valence-electron chi connectivity index (χ0n) is 58.4. The van der Waals surface area contributed by atoms with Gasteiger partial charge in [-0.1, -0.05) is 111 Å². The van der Waals surface area contributed by atoms with Crippen LogP contribution < -0.4 is 16.0 Å². The molecule has 5 rings (SSSR count). The van der Waals surface area contributed by atoms with Crippen LogP contribution in [0.4, 0.5) is 13.2 Å². The molecule has 28 heteroatoms. The normalized spacial score (nSPS) is 25.6. The maximum absolute atomic E-state index is 15.3. The first-order chi connectivity index (χ1) is 44.4. The molecule has 0 bridgehead atoms. The lowest BCUT2D eigenvalue weighted by Crippen LogP contribution is -2.65. The van der Waals surface area contributed by atoms with Crippen molar-refractivity contribution in [1.29, 1.82) is 0 Å². The standard InChI is InChI=1S/C67H104ClF3N12O12/c1-16-42(6)56-63(93)78(11)38-54(86)76(9)39-55(87)80(13)50(35-43-23-18-17-19-24-43)62(92)77(10)37-52(84)72-47(29-27-44-26-28-45(46(68)34-44)67(69,70)71)60(90)83-32-22-25-48(83)59(89)74-66(30-20-21-31-66)65(95)82(15)57(41(4)5)64(94)81(14)51(61(91)75(7)8)36-53(85)79(12)49(33-40(2)3)58(88)73-56/h26,28,34,40-43,47-51,56-57H,16-25,27,29-33,35-39H2,1-15H3,(H,72,84)(H,73,88)(H,74,89)/t42-,47-,48-,49-,50-,51-,56-,57-/m0/s1. The Balaban J connectivity index is 1.60. The van der Waals surface area contributed by atoms with Crippen molar-refractivity contribution in [3.05, 3.63) is 34.3 Å². The molecule has 24 nitrogen and oxygen atoms in total. The molecule has 8 atom stereocenters. The topological polar surface area (TPSA) is 270 Å². The summed E-state index contributed by atoms with van der Waals surface area (Å²) >= 11 is 6.12. The van der Waals surface area contributed by atoms with E-state index in [9.17, 15) is 56.3 Å². The van der Waals surface area contributed by atoms with Gasteiger partial charge >= 0.3 is 6.18 Å². The number of hydrogen-bond acceptors (Lipinski definition) is 12. The second-order valence-electron chi connectivity index (χ2n) is 27.9. The molecule has 2 heterocycles. The van der Waals surface area contributed by atoms with Gasteiger partial charge in [0.05, 0.1) is 36.6 Å². The minimum Gasteiger partial charge on any atom is -0.347 e. The Labute approximate surface area is 563 Å². The summed E-state index contributed by atoms with van der Waals surface area (Å²) in [5.41, 5.74) is -2.37. The van der Waals surface area contributed by atoms with Crippen molar-refractivity contribution < 1.29 is 70.7 Å². The highest BCUT2D eigenvalue weighted by Gasteiger charge is 2.50. The number of aryl methyl sites for hydroxylation is 1. The number of nitrogens with one attached hydrogen (secondary N) is 3. The highest BCUT2D eigenvalue weighted by atomic mass is 35.5. The summed E-state index contributed by atoms with van der Waals surface area (Å²) in [6.07, 6.45) is 1.13. The Kier molecular flexibility index (Phi) is 28.3. The van der Waals surface area contributed by atoms with Gasteiger partial charge < -0.3 is 60.0 Å². The number of carbonyl (C=O) groups excluding carboxylic acids is 12. The van der Waals surface area contributed by atoms with Crippen molar-refractivity contribution in [3.8, 4) is 0 Å². The third-order valence-corrected chi connectivity index (χ3v) is 20.0. The molecule has 1 aromatic carbocycles. The molecule has 0 aromatic heterocycles. The molecule has 4 aliphatic rings. The predicted molar refractivity (Wildman–Crippen MR) is 350 cm³/mol. The molecule has 3 N–H and O–H groups in total. The van der Waals surface area contributed by atoms with Gasteiger partial charge in [-0.15, -0.1) is 0 Å². The van der Waals surface area contributed by atoms with Crippen molar-refractivity contribution in [3.63, 3.8) is 0 Å². The molecule has 1 spiro atoms. The van der Waals surface area contributed by atoms with Gasteiger partial charge in [-0.25, -0.2) is 0 Å². The molecule has 1 aromatic rings. The molecule has 2 saturated heterocycles. The van der Waals surface area contributed by atoms with Gasteiger partial charge in [-0.3, -0.25) is 57.5 Å². The first-order valence-corrected chi connectivity index (χ1v) is 33.8. The lowest BCUT2D eigenvalue weighted by Gasteiger charge is -2.41. The fourth-order valence-corrected chi connectivity index (χ4v) is 13.9. The number of fused-ring (bicyclic) bond motifs is 1. The number of alkyl halides is 3. The molecule has 532 valence electrons. The van der Waals surface area contributed by atoms with Crippen LogP contribution in [0.5, 0.6) is 0 Å². The number of benzene rings is 1. The number of hydrogen-bond donors (Lipinski definition) is 3. The van der Waals surface area contributed by atoms with Crippen LogP contribution in [0, 0.1) is 23.7 Å². The van der Waals surface area contributed by atoms with E-state index in [2.05, 4.69) is 16.0 Å². The predicted octanol–water partition coefficient (Wildman–Crippen LogP) is 4.57. The van der Waals surface area contributed by atoms with Crippen molar-refractivity contribution >= 4 is 82.5 Å². The summed E-state index contributed by atoms with van der Waals surface area (Å²) in [7, 11) is 12.6. The van der Waals surface area contributed by atoms with Crippen LogP contribution in [0.2, 0.25) is 5.02 Å². The van der Waals surface area contributed by atoms with Crippen LogP contribution in [0.3, 0.4) is 0 Å². The third kappa shape index (κ3) is 20.0. The van der Waals surface area contributed by atoms with Gasteiger partial charge in [0.2, 0.25) is 70.9 Å². The maximum Gasteiger partial charge on any atom is 0.417 e. The van der Waals surface area contributed by atoms with Gasteiger partial charge in [0.25, 0.3) is 0 Å². The minimum atomic E-state index is -4.76. The molecule has 2 saturated carbocycles. The first-order valence-electron chi connectivity index (χ1n) is 33.5. The van der Waals surface area contributed by atoms with E-state index in [0.29, 0.717) is 31.2 Å². The number of halogens is 4. The van der Waals surface area contributed by atoms with Crippen molar-refractivity contribution in [2.45, 2.75) is 205 Å². The van der Waals surface area contributed by atoms with Crippen LogP contribution in [0.25, 0.3) is 0 Å². The van der Waals surface area contributed by atoms with Gasteiger partial charge in [0, 0.05) is 70.0 Å². The number of nitrogens with zero attached hydrogens (tertiary/aromatic N) is 9. The quantitative estimate of drug-likeness (QED) is 0.275. The van der Waals surface area contributed by atoms with E-state index < -0.39 is 173 Å². The van der Waals surface area contributed by atoms with E-state index >= 15 is 14.4 Å². The average Bonchev–Trinajstić information content (AvgIpc) is 1.74. The van der Waals surface area contributed by atoms with Gasteiger partial charge in [0.15, 0.2) is 0 Å². The zero-order valence-corrected chi connectivity index (χ0v) is 59.1. The summed E-state index contributed by atoms with van der Waals surface area (Å²) in [4.78, 5) is 187. The Bertz CT molecular complexity index is 2960. The lowest BCUT2D eigenvalue weighted by molar-refractivity contribution is -0.155. The molecule has 12 amide bonds. The van der Waals surface area contributed by atoms with Crippen LogP contribution in [0.1, 0.15) is 155 Å². The second kappa shape index (κ2) is 34.2. The summed E-state index contributed by atoms with van der Waals surface area (Å²) in [5, 5.41) is 8.01. The van der Waals surface area contributed by atoms with Crippen molar-refractivity contribution in [2.24, 2.45) is 23.7 Å². The Morgan fingerprint density at radius 1 is 0.674 bits per heavy atom. The first kappa shape index (κ1) is 78.6. The number of carbonyl (C=O) groups is 12. The molecule has 95 heavy (non-hydrogen) atoms. The molecular formula is C67H104ClF3N12O12. The minimum absolute atomic E-state index is 0.0173. The zero-order chi connectivity index (χ0) is 71.3. The lowest BCUT2D eigenvalue weighted by atomic mass is 9.84. The average molecular weight is 1360 g/mol.